The van der Waals surface area contributed by atoms with Crippen molar-refractivity contribution in [3.05, 3.63) is 29.3 Å². The molecule has 0 aliphatic heterocycles. The van der Waals surface area contributed by atoms with Gasteiger partial charge in [-0.25, -0.2) is 0 Å². The molecule has 0 saturated heterocycles. The van der Waals surface area contributed by atoms with Gasteiger partial charge < -0.3 is 4.74 Å². The van der Waals surface area contributed by atoms with Gasteiger partial charge in [0.1, 0.15) is 5.75 Å². The fourth-order valence-corrected chi connectivity index (χ4v) is 1.28. The Kier molecular flexibility index (Phi) is 2.94. The summed E-state index contributed by atoms with van der Waals surface area (Å²) in [5, 5.41) is 0. The van der Waals surface area contributed by atoms with E-state index in [-0.39, 0.29) is 5.41 Å². The van der Waals surface area contributed by atoms with Crippen molar-refractivity contribution in [2.24, 2.45) is 0 Å². The van der Waals surface area contributed by atoms with E-state index in [1.165, 1.54) is 5.56 Å². The predicted molar refractivity (Wildman–Crippen MR) is 57.1 cm³/mol. The van der Waals surface area contributed by atoms with E-state index < -0.39 is 0 Å². The maximum absolute atomic E-state index is 10.7. The Bertz CT molecular complexity index is 335. The van der Waals surface area contributed by atoms with Crippen molar-refractivity contribution in [1.29, 1.82) is 0 Å². The second-order valence-electron chi connectivity index (χ2n) is 4.32. The quantitative estimate of drug-likeness (QED) is 0.673. The maximum atomic E-state index is 10.7. The normalized spacial score (nSPS) is 11.1. The molecule has 1 aromatic rings. The molecule has 1 aromatic carbocycles. The number of carbonyl (C=O) groups excluding carboxylic acids is 1. The van der Waals surface area contributed by atoms with Crippen LogP contribution >= 0.6 is 0 Å². The first kappa shape index (κ1) is 10.8. The number of benzene rings is 1. The van der Waals surface area contributed by atoms with Gasteiger partial charge >= 0.3 is 0 Å². The molecule has 1 rings (SSSR count). The molecule has 0 amide bonds. The smallest absolute Gasteiger partial charge is 0.153 e. The van der Waals surface area contributed by atoms with Gasteiger partial charge in [0.05, 0.1) is 12.7 Å². The van der Waals surface area contributed by atoms with Gasteiger partial charge in [0.2, 0.25) is 0 Å². The summed E-state index contributed by atoms with van der Waals surface area (Å²) in [5.41, 5.74) is 1.84. The first-order valence-corrected chi connectivity index (χ1v) is 4.62. The molecule has 0 fully saturated rings. The highest BCUT2D eigenvalue weighted by atomic mass is 16.5. The topological polar surface area (TPSA) is 26.3 Å². The van der Waals surface area contributed by atoms with E-state index in [1.807, 2.05) is 12.1 Å². The van der Waals surface area contributed by atoms with Crippen LogP contribution in [-0.4, -0.2) is 13.4 Å². The molecule has 0 N–H and O–H groups in total. The summed E-state index contributed by atoms with van der Waals surface area (Å²) < 4.78 is 5.14. The van der Waals surface area contributed by atoms with Crippen molar-refractivity contribution < 1.29 is 9.53 Å². The highest BCUT2D eigenvalue weighted by molar-refractivity contribution is 5.79. The van der Waals surface area contributed by atoms with E-state index in [1.54, 1.807) is 13.2 Å². The number of hydrogen-bond acceptors (Lipinski definition) is 2. The minimum atomic E-state index is 0.0781. The van der Waals surface area contributed by atoms with Gasteiger partial charge in [-0.1, -0.05) is 26.8 Å². The molecule has 2 nitrogen and oxygen atoms in total. The minimum Gasteiger partial charge on any atom is -0.496 e. The van der Waals surface area contributed by atoms with Crippen LogP contribution in [0.5, 0.6) is 5.75 Å². The zero-order valence-corrected chi connectivity index (χ0v) is 9.13. The number of methoxy groups -OCH3 is 1. The van der Waals surface area contributed by atoms with Crippen LogP contribution in [0.4, 0.5) is 0 Å². The maximum Gasteiger partial charge on any atom is 0.153 e. The molecule has 0 atom stereocenters. The molecule has 0 radical (unpaired) electrons. The van der Waals surface area contributed by atoms with E-state index in [9.17, 15) is 4.79 Å². The molecule has 2 heteroatoms. The van der Waals surface area contributed by atoms with Gasteiger partial charge in [0.15, 0.2) is 6.29 Å². The summed E-state index contributed by atoms with van der Waals surface area (Å²) in [5.74, 6) is 0.646. The number of ether oxygens (including phenoxy) is 1. The van der Waals surface area contributed by atoms with Crippen LogP contribution in [0.25, 0.3) is 0 Å². The molecule has 0 spiro atoms. The molecule has 0 aromatic heterocycles. The summed E-state index contributed by atoms with van der Waals surface area (Å²) in [6.07, 6.45) is 0.811. The van der Waals surface area contributed by atoms with Gasteiger partial charge in [-0.3, -0.25) is 4.79 Å². The third kappa shape index (κ3) is 2.13. The van der Waals surface area contributed by atoms with Crippen molar-refractivity contribution in [1.82, 2.24) is 0 Å². The third-order valence-electron chi connectivity index (χ3n) is 2.23. The van der Waals surface area contributed by atoms with Crippen LogP contribution in [-0.2, 0) is 5.41 Å². The fraction of sp³-hybridized carbons (Fsp3) is 0.417. The van der Waals surface area contributed by atoms with Crippen LogP contribution in [0.15, 0.2) is 18.2 Å². The molecular weight excluding hydrogens is 176 g/mol. The Hall–Kier alpha value is -1.31. The lowest BCUT2D eigenvalue weighted by atomic mass is 9.86. The number of carbonyl (C=O) groups is 1. The monoisotopic (exact) mass is 192 g/mol. The highest BCUT2D eigenvalue weighted by Crippen LogP contribution is 2.27. The number of aldehydes is 1. The Morgan fingerprint density at radius 1 is 1.29 bits per heavy atom. The van der Waals surface area contributed by atoms with E-state index >= 15 is 0 Å². The average molecular weight is 192 g/mol. The Balaban J connectivity index is 3.21. The standard InChI is InChI=1S/C12H16O2/c1-12(2,3)10-6-5-9(8-13)11(7-10)14-4/h5-8H,1-4H3. The summed E-state index contributed by atoms with van der Waals surface area (Å²) >= 11 is 0. The van der Waals surface area contributed by atoms with Gasteiger partial charge in [-0.05, 0) is 23.1 Å². The Labute approximate surface area is 84.9 Å². The van der Waals surface area contributed by atoms with Crippen LogP contribution in [0.1, 0.15) is 36.7 Å². The molecule has 0 saturated carbocycles. The van der Waals surface area contributed by atoms with Crippen LogP contribution in [0.3, 0.4) is 0 Å². The Morgan fingerprint density at radius 2 is 1.93 bits per heavy atom. The SMILES string of the molecule is COc1cc(C(C)(C)C)ccc1C=O. The van der Waals surface area contributed by atoms with E-state index in [0.29, 0.717) is 11.3 Å². The fourth-order valence-electron chi connectivity index (χ4n) is 1.28. The zero-order chi connectivity index (χ0) is 10.8. The summed E-state index contributed by atoms with van der Waals surface area (Å²) in [6.45, 7) is 6.38. The van der Waals surface area contributed by atoms with Crippen molar-refractivity contribution >= 4 is 6.29 Å². The molecule has 0 unspecified atom stereocenters. The first-order chi connectivity index (χ1) is 6.49. The average Bonchev–Trinajstić information content (AvgIpc) is 2.15. The lowest BCUT2D eigenvalue weighted by molar-refractivity contribution is 0.112. The summed E-state index contributed by atoms with van der Waals surface area (Å²) in [7, 11) is 1.58. The molecule has 76 valence electrons. The van der Waals surface area contributed by atoms with Gasteiger partial charge in [0, 0.05) is 0 Å². The number of hydrogen-bond donors (Lipinski definition) is 0. The van der Waals surface area contributed by atoms with Gasteiger partial charge in [-0.2, -0.15) is 0 Å². The lowest BCUT2D eigenvalue weighted by Crippen LogP contribution is -2.11. The largest absolute Gasteiger partial charge is 0.496 e. The van der Waals surface area contributed by atoms with Gasteiger partial charge in [0.25, 0.3) is 0 Å². The van der Waals surface area contributed by atoms with Crippen molar-refractivity contribution in [3.8, 4) is 5.75 Å². The minimum absolute atomic E-state index is 0.0781. The second kappa shape index (κ2) is 3.82. The molecule has 14 heavy (non-hydrogen) atoms. The zero-order valence-electron chi connectivity index (χ0n) is 9.13. The van der Waals surface area contributed by atoms with Crippen LogP contribution < -0.4 is 4.74 Å². The molecule has 0 bridgehead atoms. The number of rotatable bonds is 2. The molecule has 0 heterocycles. The first-order valence-electron chi connectivity index (χ1n) is 4.62. The van der Waals surface area contributed by atoms with Crippen LogP contribution in [0.2, 0.25) is 0 Å². The second-order valence-corrected chi connectivity index (χ2v) is 4.32. The highest BCUT2D eigenvalue weighted by Gasteiger charge is 2.15. The van der Waals surface area contributed by atoms with Crippen LogP contribution in [0, 0.1) is 0 Å². The van der Waals surface area contributed by atoms with E-state index in [4.69, 9.17) is 4.74 Å². The molecular formula is C12H16O2. The Morgan fingerprint density at radius 3 is 2.36 bits per heavy atom. The van der Waals surface area contributed by atoms with Crippen molar-refractivity contribution in [2.45, 2.75) is 26.2 Å². The predicted octanol–water partition coefficient (Wildman–Crippen LogP) is 2.81. The third-order valence-corrected chi connectivity index (χ3v) is 2.23. The van der Waals surface area contributed by atoms with Crippen molar-refractivity contribution in [2.75, 3.05) is 7.11 Å². The van der Waals surface area contributed by atoms with E-state index in [0.717, 1.165) is 6.29 Å². The summed E-state index contributed by atoms with van der Waals surface area (Å²) in [6, 6.07) is 5.68. The van der Waals surface area contributed by atoms with Gasteiger partial charge in [-0.15, -0.1) is 0 Å². The van der Waals surface area contributed by atoms with Crippen molar-refractivity contribution in [3.63, 3.8) is 0 Å². The summed E-state index contributed by atoms with van der Waals surface area (Å²) in [4.78, 5) is 10.7. The molecule has 0 aliphatic carbocycles. The van der Waals surface area contributed by atoms with E-state index in [2.05, 4.69) is 20.8 Å². The lowest BCUT2D eigenvalue weighted by Gasteiger charge is -2.20. The molecule has 0 aliphatic rings.